The summed E-state index contributed by atoms with van der Waals surface area (Å²) < 4.78 is 13.3. The zero-order chi connectivity index (χ0) is 25.9. The van der Waals surface area contributed by atoms with Gasteiger partial charge in [-0.05, 0) is 48.9 Å². The molecule has 9 heteroatoms. The van der Waals surface area contributed by atoms with Crippen molar-refractivity contribution in [3.8, 4) is 22.8 Å². The monoisotopic (exact) mass is 521 g/mol. The molecule has 198 valence electrons. The molecule has 0 radical (unpaired) electrons. The Labute approximate surface area is 227 Å². The molecule has 4 aromatic heterocycles. The van der Waals surface area contributed by atoms with Crippen molar-refractivity contribution in [1.29, 1.82) is 0 Å². The summed E-state index contributed by atoms with van der Waals surface area (Å²) in [5, 5.41) is 4.80. The summed E-state index contributed by atoms with van der Waals surface area (Å²) in [6, 6.07) is 11.6. The smallest absolute Gasteiger partial charge is 0.212 e. The fraction of sp³-hybridized carbons (Fsp3) is 0.400. The van der Waals surface area contributed by atoms with Gasteiger partial charge >= 0.3 is 0 Å². The van der Waals surface area contributed by atoms with Crippen molar-refractivity contribution >= 4 is 17.5 Å². The normalized spacial score (nSPS) is 21.7. The highest BCUT2D eigenvalue weighted by molar-refractivity contribution is 5.99. The predicted octanol–water partition coefficient (Wildman–Crippen LogP) is 3.98. The number of piperazine rings is 1. The van der Waals surface area contributed by atoms with Crippen LogP contribution in [0, 0.1) is 5.92 Å². The molecule has 0 aromatic carbocycles. The van der Waals surface area contributed by atoms with Gasteiger partial charge in [-0.25, -0.2) is 14.5 Å². The van der Waals surface area contributed by atoms with Gasteiger partial charge in [-0.3, -0.25) is 9.89 Å². The number of piperidine rings is 1. The third kappa shape index (κ3) is 4.12. The van der Waals surface area contributed by atoms with Crippen LogP contribution in [0.25, 0.3) is 16.6 Å². The number of methoxy groups -OCH3 is 1. The van der Waals surface area contributed by atoms with Crippen LogP contribution in [0.5, 0.6) is 11.6 Å². The van der Waals surface area contributed by atoms with E-state index in [0.717, 1.165) is 65.7 Å². The van der Waals surface area contributed by atoms with Gasteiger partial charge in [0.15, 0.2) is 0 Å². The molecule has 4 fully saturated rings. The predicted molar refractivity (Wildman–Crippen MR) is 149 cm³/mol. The third-order valence-corrected chi connectivity index (χ3v) is 8.56. The topological polar surface area (TPSA) is 80.4 Å². The third-order valence-electron chi connectivity index (χ3n) is 8.56. The quantitative estimate of drug-likeness (QED) is 0.347. The average molecular weight is 522 g/mol. The van der Waals surface area contributed by atoms with Crippen LogP contribution in [0.1, 0.15) is 36.1 Å². The van der Waals surface area contributed by atoms with E-state index in [-0.39, 0.29) is 0 Å². The van der Waals surface area contributed by atoms with E-state index >= 15 is 0 Å². The lowest BCUT2D eigenvalue weighted by Crippen LogP contribution is -2.68. The lowest BCUT2D eigenvalue weighted by molar-refractivity contribution is -0.00876. The number of aromatic nitrogens is 4. The zero-order valence-corrected chi connectivity index (χ0v) is 22.0. The van der Waals surface area contributed by atoms with Crippen molar-refractivity contribution in [2.45, 2.75) is 44.4 Å². The molecule has 9 nitrogen and oxygen atoms in total. The first-order valence-corrected chi connectivity index (χ1v) is 13.9. The highest BCUT2D eigenvalue weighted by Gasteiger charge is 2.44. The van der Waals surface area contributed by atoms with Crippen LogP contribution in [0.4, 0.5) is 5.82 Å². The molecule has 0 amide bonds. The van der Waals surface area contributed by atoms with E-state index < -0.39 is 0 Å². The Kier molecular flexibility index (Phi) is 5.33. The SMILES string of the molecule is COc1ccc(CN2C3CC2CN(c2ccc(-c4cc(OCC5CC5)cn5nc6c(c45)C=NC6)cn2)C3)cn1. The summed E-state index contributed by atoms with van der Waals surface area (Å²) in [5.41, 5.74) is 6.58. The number of nitrogens with zero attached hydrogens (tertiary/aromatic N) is 7. The molecule has 4 aromatic rings. The Morgan fingerprint density at radius 2 is 1.92 bits per heavy atom. The molecule has 8 heterocycles. The Balaban J connectivity index is 1.02. The Bertz CT molecular complexity index is 1550. The van der Waals surface area contributed by atoms with Gasteiger partial charge in [0, 0.05) is 73.1 Å². The molecule has 5 aliphatic rings. The fourth-order valence-corrected chi connectivity index (χ4v) is 6.20. The van der Waals surface area contributed by atoms with Crippen LogP contribution in [0.15, 0.2) is 53.9 Å². The van der Waals surface area contributed by atoms with E-state index in [9.17, 15) is 0 Å². The maximum atomic E-state index is 6.16. The molecule has 1 aliphatic carbocycles. The summed E-state index contributed by atoms with van der Waals surface area (Å²) in [7, 11) is 1.65. The summed E-state index contributed by atoms with van der Waals surface area (Å²) in [6.45, 7) is 4.32. The fourth-order valence-electron chi connectivity index (χ4n) is 6.20. The first-order chi connectivity index (χ1) is 19.2. The van der Waals surface area contributed by atoms with Gasteiger partial charge in [0.25, 0.3) is 0 Å². The highest BCUT2D eigenvalue weighted by Crippen LogP contribution is 2.37. The molecule has 4 aliphatic heterocycles. The number of anilines is 1. The standard InChI is InChI=1S/C30H31N7O2/c1-38-29-7-4-20(10-33-29)14-36-22-8-23(36)16-35(15-22)28-6-5-21(11-32-28)25-9-24(39-18-19-2-3-19)17-37-30(25)26-12-31-13-27(26)34-37/h4-7,9-12,17,19,22-23H,2-3,8,13-16,18H2,1H3. The van der Waals surface area contributed by atoms with Crippen LogP contribution >= 0.6 is 0 Å². The summed E-state index contributed by atoms with van der Waals surface area (Å²) in [4.78, 5) is 18.8. The van der Waals surface area contributed by atoms with Crippen molar-refractivity contribution in [2.24, 2.45) is 10.9 Å². The van der Waals surface area contributed by atoms with Crippen LogP contribution < -0.4 is 14.4 Å². The molecule has 2 atom stereocenters. The van der Waals surface area contributed by atoms with Crippen LogP contribution in [0.3, 0.4) is 0 Å². The lowest BCUT2D eigenvalue weighted by Gasteiger charge is -2.56. The van der Waals surface area contributed by atoms with Gasteiger partial charge in [-0.2, -0.15) is 5.10 Å². The van der Waals surface area contributed by atoms with Crippen molar-refractivity contribution in [3.05, 3.63) is 65.7 Å². The number of aliphatic imine (C=N–C) groups is 1. The molecule has 0 N–H and O–H groups in total. The average Bonchev–Trinajstić information content (AvgIpc) is 3.60. The largest absolute Gasteiger partial charge is 0.492 e. The Hall–Kier alpha value is -3.98. The van der Waals surface area contributed by atoms with Gasteiger partial charge in [-0.1, -0.05) is 6.07 Å². The molecular weight excluding hydrogens is 490 g/mol. The van der Waals surface area contributed by atoms with Crippen molar-refractivity contribution in [1.82, 2.24) is 24.5 Å². The van der Waals surface area contributed by atoms with Crippen molar-refractivity contribution in [2.75, 3.05) is 31.7 Å². The lowest BCUT2D eigenvalue weighted by atomic mass is 9.87. The van der Waals surface area contributed by atoms with Crippen LogP contribution in [-0.2, 0) is 13.1 Å². The van der Waals surface area contributed by atoms with Gasteiger partial charge in [0.2, 0.25) is 5.88 Å². The van der Waals surface area contributed by atoms with E-state index in [1.807, 2.05) is 35.4 Å². The van der Waals surface area contributed by atoms with Crippen molar-refractivity contribution < 1.29 is 9.47 Å². The number of fused-ring (bicyclic) bond motifs is 5. The minimum absolute atomic E-state index is 0.543. The van der Waals surface area contributed by atoms with Gasteiger partial charge in [0.05, 0.1) is 37.7 Å². The Morgan fingerprint density at radius 1 is 1.03 bits per heavy atom. The van der Waals surface area contributed by atoms with E-state index in [2.05, 4.69) is 44.0 Å². The first-order valence-electron chi connectivity index (χ1n) is 13.9. The molecule has 39 heavy (non-hydrogen) atoms. The second-order valence-electron chi connectivity index (χ2n) is 11.2. The van der Waals surface area contributed by atoms with Crippen molar-refractivity contribution in [3.63, 3.8) is 0 Å². The Morgan fingerprint density at radius 3 is 2.67 bits per heavy atom. The molecule has 3 saturated heterocycles. The molecule has 2 unspecified atom stereocenters. The first kappa shape index (κ1) is 23.0. The van der Waals surface area contributed by atoms with Crippen LogP contribution in [-0.4, -0.2) is 69.6 Å². The molecule has 1 saturated carbocycles. The van der Waals surface area contributed by atoms with E-state index in [4.69, 9.17) is 19.6 Å². The van der Waals surface area contributed by atoms with E-state index in [0.29, 0.717) is 30.4 Å². The molecular formula is C30H31N7O2. The van der Waals surface area contributed by atoms with Gasteiger partial charge in [0.1, 0.15) is 11.6 Å². The minimum Gasteiger partial charge on any atom is -0.492 e. The van der Waals surface area contributed by atoms with Crippen LogP contribution in [0.2, 0.25) is 0 Å². The second-order valence-corrected chi connectivity index (χ2v) is 11.2. The molecule has 0 spiro atoms. The second kappa shape index (κ2) is 9.05. The van der Waals surface area contributed by atoms with Gasteiger partial charge in [-0.15, -0.1) is 0 Å². The highest BCUT2D eigenvalue weighted by atomic mass is 16.5. The summed E-state index contributed by atoms with van der Waals surface area (Å²) in [6.07, 6.45) is 11.7. The minimum atomic E-state index is 0.543. The number of hydrogen-bond acceptors (Lipinski definition) is 8. The van der Waals surface area contributed by atoms with Gasteiger partial charge < -0.3 is 14.4 Å². The number of rotatable bonds is 8. The molecule has 2 bridgehead atoms. The number of ether oxygens (including phenoxy) is 2. The maximum Gasteiger partial charge on any atom is 0.212 e. The van der Waals surface area contributed by atoms with E-state index in [1.54, 1.807) is 7.11 Å². The number of hydrogen-bond donors (Lipinski definition) is 0. The maximum absolute atomic E-state index is 6.16. The zero-order valence-electron chi connectivity index (χ0n) is 22.0. The summed E-state index contributed by atoms with van der Waals surface area (Å²) in [5.74, 6) is 3.25. The number of pyridine rings is 3. The summed E-state index contributed by atoms with van der Waals surface area (Å²) >= 11 is 0. The molecule has 9 rings (SSSR count). The van der Waals surface area contributed by atoms with E-state index in [1.165, 1.54) is 24.8 Å².